The summed E-state index contributed by atoms with van der Waals surface area (Å²) in [6.07, 6.45) is 2.29. The number of alkyl halides is 2. The molecule has 3 nitrogen and oxygen atoms in total. The Hall–Kier alpha value is -1.43. The molecule has 0 saturated heterocycles. The lowest BCUT2D eigenvalue weighted by Gasteiger charge is -2.32. The summed E-state index contributed by atoms with van der Waals surface area (Å²) in [5.41, 5.74) is -1.62. The summed E-state index contributed by atoms with van der Waals surface area (Å²) in [5, 5.41) is 0.0584. The molecule has 0 amide bonds. The maximum absolute atomic E-state index is 14.5. The summed E-state index contributed by atoms with van der Waals surface area (Å²) >= 11 is 6.19. The molecule has 1 aromatic carbocycles. The van der Waals surface area contributed by atoms with Gasteiger partial charge in [-0.05, 0) is 58.4 Å². The van der Waals surface area contributed by atoms with Crippen LogP contribution in [0.1, 0.15) is 56.8 Å². The standard InChI is InChI=1S/C21H24ClF3O3/c1-19(2,3)28-18(26)13-6-14(22)16(7-15(13)23)27-10-20-8-11-4-12(9-20)21(24,25)17(20)5-11/h6-7,11-12,17H,4-5,8-10H2,1-3H3. The van der Waals surface area contributed by atoms with Crippen LogP contribution in [0, 0.1) is 29.0 Å². The second-order valence-electron chi connectivity index (χ2n) is 9.59. The van der Waals surface area contributed by atoms with Gasteiger partial charge in [-0.15, -0.1) is 0 Å². The average Bonchev–Trinajstić information content (AvgIpc) is 2.90. The van der Waals surface area contributed by atoms with Gasteiger partial charge in [0.15, 0.2) is 0 Å². The summed E-state index contributed by atoms with van der Waals surface area (Å²) in [7, 11) is 0. The molecule has 0 radical (unpaired) electrons. The predicted octanol–water partition coefficient (Wildman–Crippen LogP) is 5.88. The monoisotopic (exact) mass is 416 g/mol. The van der Waals surface area contributed by atoms with Gasteiger partial charge in [-0.1, -0.05) is 11.6 Å². The van der Waals surface area contributed by atoms with Crippen LogP contribution in [0.15, 0.2) is 12.1 Å². The minimum Gasteiger partial charge on any atom is -0.491 e. The lowest BCUT2D eigenvalue weighted by molar-refractivity contribution is -0.105. The lowest BCUT2D eigenvalue weighted by Crippen LogP contribution is -2.36. The third-order valence-electron chi connectivity index (χ3n) is 6.44. The number of hydrogen-bond acceptors (Lipinski definition) is 3. The van der Waals surface area contributed by atoms with E-state index in [1.165, 1.54) is 6.07 Å². The Balaban J connectivity index is 1.51. The summed E-state index contributed by atoms with van der Waals surface area (Å²) in [6.45, 7) is 5.13. The topological polar surface area (TPSA) is 35.5 Å². The van der Waals surface area contributed by atoms with E-state index in [9.17, 15) is 18.0 Å². The maximum Gasteiger partial charge on any atom is 0.341 e. The number of halogens is 4. The van der Waals surface area contributed by atoms with E-state index in [0.29, 0.717) is 25.2 Å². The van der Waals surface area contributed by atoms with Gasteiger partial charge in [0.2, 0.25) is 0 Å². The SMILES string of the molecule is CC(C)(C)OC(=O)c1cc(Cl)c(OCC23CC4CC(C2)C(F)(F)C3C4)cc1F. The zero-order valence-corrected chi connectivity index (χ0v) is 16.9. The number of rotatable bonds is 4. The highest BCUT2D eigenvalue weighted by Crippen LogP contribution is 2.70. The first kappa shape index (κ1) is 19.9. The molecule has 4 aliphatic rings. The number of carbonyl (C=O) groups excluding carboxylic acids is 1. The third kappa shape index (κ3) is 3.17. The first-order valence-electron chi connectivity index (χ1n) is 9.64. The second kappa shape index (κ2) is 6.28. The molecular formula is C21H24ClF3O3. The number of carbonyl (C=O) groups is 1. The summed E-state index contributed by atoms with van der Waals surface area (Å²) in [6, 6.07) is 2.21. The Morgan fingerprint density at radius 2 is 1.96 bits per heavy atom. The molecular weight excluding hydrogens is 393 g/mol. The molecule has 0 aromatic heterocycles. The van der Waals surface area contributed by atoms with E-state index in [1.54, 1.807) is 20.8 Å². The Morgan fingerprint density at radius 3 is 2.64 bits per heavy atom. The summed E-state index contributed by atoms with van der Waals surface area (Å²) in [4.78, 5) is 12.1. The van der Waals surface area contributed by atoms with Crippen molar-refractivity contribution in [1.29, 1.82) is 0 Å². The van der Waals surface area contributed by atoms with Crippen molar-refractivity contribution in [2.45, 2.75) is 58.0 Å². The van der Waals surface area contributed by atoms with Crippen molar-refractivity contribution >= 4 is 17.6 Å². The van der Waals surface area contributed by atoms with E-state index in [0.717, 1.165) is 12.5 Å². The Morgan fingerprint density at radius 1 is 1.25 bits per heavy atom. The lowest BCUT2D eigenvalue weighted by atomic mass is 9.76. The van der Waals surface area contributed by atoms with Crippen LogP contribution < -0.4 is 4.74 Å². The normalized spacial score (nSPS) is 32.6. The number of hydrogen-bond donors (Lipinski definition) is 0. The first-order valence-corrected chi connectivity index (χ1v) is 10.0. The Bertz CT molecular complexity index is 820. The second-order valence-corrected chi connectivity index (χ2v) is 9.99. The van der Waals surface area contributed by atoms with Gasteiger partial charge in [0.25, 0.3) is 5.92 Å². The molecule has 0 heterocycles. The van der Waals surface area contributed by atoms with Crippen LogP contribution in [0.4, 0.5) is 13.2 Å². The zero-order valence-electron chi connectivity index (χ0n) is 16.2. The highest BCUT2D eigenvalue weighted by Gasteiger charge is 2.71. The Labute approximate surface area is 167 Å². The molecule has 7 heteroatoms. The molecule has 4 bridgehead atoms. The minimum atomic E-state index is -2.65. The van der Waals surface area contributed by atoms with Crippen LogP contribution in [0.5, 0.6) is 5.75 Å². The van der Waals surface area contributed by atoms with E-state index < -0.39 is 40.6 Å². The molecule has 0 spiro atoms. The van der Waals surface area contributed by atoms with E-state index in [1.807, 2.05) is 0 Å². The number of ether oxygens (including phenoxy) is 2. The fourth-order valence-corrected chi connectivity index (χ4v) is 5.70. The fourth-order valence-electron chi connectivity index (χ4n) is 5.48. The van der Waals surface area contributed by atoms with Gasteiger partial charge in [0.1, 0.15) is 17.2 Å². The van der Waals surface area contributed by atoms with Gasteiger partial charge < -0.3 is 9.47 Å². The maximum atomic E-state index is 14.5. The summed E-state index contributed by atoms with van der Waals surface area (Å²) < 4.78 is 54.4. The Kier molecular flexibility index (Phi) is 4.46. The van der Waals surface area contributed by atoms with Crippen LogP contribution in [-0.2, 0) is 4.74 Å². The van der Waals surface area contributed by atoms with Gasteiger partial charge in [0.05, 0.1) is 17.2 Å². The smallest absolute Gasteiger partial charge is 0.341 e. The molecule has 4 fully saturated rings. The van der Waals surface area contributed by atoms with Crippen molar-refractivity contribution in [2.75, 3.05) is 6.61 Å². The molecule has 5 rings (SSSR count). The number of benzene rings is 1. The van der Waals surface area contributed by atoms with Crippen molar-refractivity contribution in [1.82, 2.24) is 0 Å². The van der Waals surface area contributed by atoms with Crippen molar-refractivity contribution in [3.63, 3.8) is 0 Å². The van der Waals surface area contributed by atoms with Crippen molar-refractivity contribution in [3.05, 3.63) is 28.5 Å². The molecule has 4 atom stereocenters. The molecule has 4 unspecified atom stereocenters. The van der Waals surface area contributed by atoms with E-state index in [-0.39, 0.29) is 22.9 Å². The fraction of sp³-hybridized carbons (Fsp3) is 0.667. The van der Waals surface area contributed by atoms with Crippen LogP contribution in [-0.4, -0.2) is 24.1 Å². The largest absolute Gasteiger partial charge is 0.491 e. The predicted molar refractivity (Wildman–Crippen MR) is 98.4 cm³/mol. The van der Waals surface area contributed by atoms with Crippen LogP contribution >= 0.6 is 11.6 Å². The minimum absolute atomic E-state index is 0.0584. The first-order chi connectivity index (χ1) is 12.9. The molecule has 0 aliphatic heterocycles. The molecule has 154 valence electrons. The van der Waals surface area contributed by atoms with Gasteiger partial charge in [-0.2, -0.15) is 0 Å². The van der Waals surface area contributed by atoms with Crippen LogP contribution in [0.3, 0.4) is 0 Å². The molecule has 4 aliphatic carbocycles. The molecule has 1 aromatic rings. The van der Waals surface area contributed by atoms with Gasteiger partial charge in [0, 0.05) is 23.3 Å². The molecule has 4 saturated carbocycles. The van der Waals surface area contributed by atoms with E-state index in [4.69, 9.17) is 21.1 Å². The van der Waals surface area contributed by atoms with Crippen molar-refractivity contribution < 1.29 is 27.4 Å². The van der Waals surface area contributed by atoms with Gasteiger partial charge in [-0.25, -0.2) is 18.0 Å². The third-order valence-corrected chi connectivity index (χ3v) is 6.73. The average molecular weight is 417 g/mol. The zero-order chi connectivity index (χ0) is 20.5. The van der Waals surface area contributed by atoms with Crippen molar-refractivity contribution in [3.8, 4) is 5.75 Å². The number of esters is 1. The quantitative estimate of drug-likeness (QED) is 0.574. The van der Waals surface area contributed by atoms with Crippen LogP contribution in [0.25, 0.3) is 0 Å². The van der Waals surface area contributed by atoms with Gasteiger partial charge in [-0.3, -0.25) is 0 Å². The van der Waals surface area contributed by atoms with Crippen LogP contribution in [0.2, 0.25) is 5.02 Å². The molecule has 0 N–H and O–H groups in total. The van der Waals surface area contributed by atoms with E-state index >= 15 is 0 Å². The molecule has 28 heavy (non-hydrogen) atoms. The van der Waals surface area contributed by atoms with Gasteiger partial charge >= 0.3 is 5.97 Å². The summed E-state index contributed by atoms with van der Waals surface area (Å²) in [5.74, 6) is -5.13. The highest BCUT2D eigenvalue weighted by molar-refractivity contribution is 6.32. The van der Waals surface area contributed by atoms with Crippen molar-refractivity contribution in [2.24, 2.45) is 23.2 Å². The highest BCUT2D eigenvalue weighted by atomic mass is 35.5. The van der Waals surface area contributed by atoms with E-state index in [2.05, 4.69) is 0 Å².